The van der Waals surface area contributed by atoms with Crippen LogP contribution in [-0.4, -0.2) is 61.1 Å². The van der Waals surface area contributed by atoms with Crippen LogP contribution in [0, 0.1) is 0 Å². The summed E-state index contributed by atoms with van der Waals surface area (Å²) in [7, 11) is 0. The zero-order chi connectivity index (χ0) is 18.6. The third kappa shape index (κ3) is 8.03. The highest BCUT2D eigenvalue weighted by Crippen LogP contribution is 2.11. The predicted molar refractivity (Wildman–Crippen MR) is 106 cm³/mol. The van der Waals surface area contributed by atoms with Crippen LogP contribution in [0.25, 0.3) is 0 Å². The minimum absolute atomic E-state index is 0.00139. The van der Waals surface area contributed by atoms with Crippen LogP contribution in [0.2, 0.25) is 0 Å². The predicted octanol–water partition coefficient (Wildman–Crippen LogP) is 1.88. The van der Waals surface area contributed by atoms with Crippen LogP contribution in [-0.2, 0) is 20.9 Å². The van der Waals surface area contributed by atoms with Crippen LogP contribution < -0.4 is 10.6 Å². The number of anilines is 1. The Hall–Kier alpha value is -1.83. The van der Waals surface area contributed by atoms with Gasteiger partial charge in [-0.05, 0) is 17.7 Å². The Kier molecular flexibility index (Phi) is 9.23. The summed E-state index contributed by atoms with van der Waals surface area (Å²) in [6.45, 7) is 8.06. The van der Waals surface area contributed by atoms with E-state index in [1.165, 1.54) is 11.8 Å². The van der Waals surface area contributed by atoms with E-state index >= 15 is 0 Å². The van der Waals surface area contributed by atoms with Crippen molar-refractivity contribution in [3.63, 3.8) is 0 Å². The fraction of sp³-hybridized carbons (Fsp3) is 0.474. The highest BCUT2D eigenvalue weighted by molar-refractivity contribution is 8.00. The summed E-state index contributed by atoms with van der Waals surface area (Å²) in [5, 5.41) is 5.81. The van der Waals surface area contributed by atoms with Crippen LogP contribution in [0.1, 0.15) is 12.0 Å². The third-order valence-electron chi connectivity index (χ3n) is 3.93. The van der Waals surface area contributed by atoms with Gasteiger partial charge in [-0.25, -0.2) is 0 Å². The Labute approximate surface area is 159 Å². The van der Waals surface area contributed by atoms with Crippen LogP contribution in [0.4, 0.5) is 5.69 Å². The third-order valence-corrected chi connectivity index (χ3v) is 4.87. The number of carbonyl (C=O) groups is 2. The molecule has 1 aromatic rings. The number of ether oxygens (including phenoxy) is 1. The summed E-state index contributed by atoms with van der Waals surface area (Å²) >= 11 is 1.53. The maximum atomic E-state index is 12.1. The van der Waals surface area contributed by atoms with Gasteiger partial charge in [-0.3, -0.25) is 14.5 Å². The second-order valence-corrected chi connectivity index (χ2v) is 7.06. The second-order valence-electron chi connectivity index (χ2n) is 6.03. The van der Waals surface area contributed by atoms with Crippen LogP contribution >= 0.6 is 11.8 Å². The highest BCUT2D eigenvalue weighted by Gasteiger charge is 2.12. The number of benzene rings is 1. The van der Waals surface area contributed by atoms with Crippen molar-refractivity contribution in [2.75, 3.05) is 49.7 Å². The van der Waals surface area contributed by atoms with Crippen molar-refractivity contribution in [3.05, 3.63) is 42.5 Å². The molecule has 1 aromatic carbocycles. The molecule has 1 heterocycles. The number of rotatable bonds is 10. The van der Waals surface area contributed by atoms with Crippen molar-refractivity contribution in [2.45, 2.75) is 13.0 Å². The molecular formula is C19H27N3O3S. The molecule has 0 bridgehead atoms. The first-order valence-electron chi connectivity index (χ1n) is 8.81. The maximum absolute atomic E-state index is 12.1. The van der Waals surface area contributed by atoms with Crippen molar-refractivity contribution in [1.29, 1.82) is 0 Å². The molecule has 2 rings (SSSR count). The minimum Gasteiger partial charge on any atom is -0.379 e. The SMILES string of the molecule is C=CCSCC(=O)NCc1cccc(NC(=O)CCN2CCOCC2)c1. The van der Waals surface area contributed by atoms with E-state index in [0.29, 0.717) is 18.7 Å². The topological polar surface area (TPSA) is 70.7 Å². The van der Waals surface area contributed by atoms with Gasteiger partial charge >= 0.3 is 0 Å². The van der Waals surface area contributed by atoms with Gasteiger partial charge in [0.15, 0.2) is 0 Å². The van der Waals surface area contributed by atoms with Gasteiger partial charge in [0.2, 0.25) is 11.8 Å². The molecule has 0 atom stereocenters. The molecule has 7 heteroatoms. The van der Waals surface area contributed by atoms with E-state index in [4.69, 9.17) is 4.74 Å². The summed E-state index contributed by atoms with van der Waals surface area (Å²) in [5.74, 6) is 1.18. The average Bonchev–Trinajstić information content (AvgIpc) is 2.66. The molecule has 1 saturated heterocycles. The number of carbonyl (C=O) groups excluding carboxylic acids is 2. The van der Waals surface area contributed by atoms with Crippen LogP contribution in [0.3, 0.4) is 0 Å². The molecule has 0 saturated carbocycles. The van der Waals surface area contributed by atoms with Crippen molar-refractivity contribution in [3.8, 4) is 0 Å². The zero-order valence-corrected chi connectivity index (χ0v) is 15.9. The van der Waals surface area contributed by atoms with Gasteiger partial charge in [-0.2, -0.15) is 0 Å². The molecule has 1 aliphatic heterocycles. The number of amides is 2. The molecule has 2 amide bonds. The van der Waals surface area contributed by atoms with Gasteiger partial charge in [0.25, 0.3) is 0 Å². The van der Waals surface area contributed by atoms with Gasteiger partial charge in [-0.1, -0.05) is 18.2 Å². The van der Waals surface area contributed by atoms with Gasteiger partial charge in [0, 0.05) is 44.0 Å². The average molecular weight is 378 g/mol. The fourth-order valence-corrected chi connectivity index (χ4v) is 3.13. The summed E-state index contributed by atoms with van der Waals surface area (Å²) in [5.41, 5.74) is 1.71. The zero-order valence-electron chi connectivity index (χ0n) is 15.0. The van der Waals surface area contributed by atoms with Crippen molar-refractivity contribution < 1.29 is 14.3 Å². The molecule has 0 unspecified atom stereocenters. The smallest absolute Gasteiger partial charge is 0.230 e. The highest BCUT2D eigenvalue weighted by atomic mass is 32.2. The molecule has 6 nitrogen and oxygen atoms in total. The maximum Gasteiger partial charge on any atom is 0.230 e. The van der Waals surface area contributed by atoms with E-state index in [1.54, 1.807) is 6.08 Å². The summed E-state index contributed by atoms with van der Waals surface area (Å²) in [4.78, 5) is 26.1. The number of hydrogen-bond donors (Lipinski definition) is 2. The standard InChI is InChI=1S/C19H27N3O3S/c1-2-12-26-15-19(24)20-14-16-4-3-5-17(13-16)21-18(23)6-7-22-8-10-25-11-9-22/h2-5,13H,1,6-12,14-15H2,(H,20,24)(H,21,23). The van der Waals surface area contributed by atoms with Gasteiger partial charge in [-0.15, -0.1) is 18.3 Å². The Balaban J connectivity index is 1.72. The molecule has 0 aromatic heterocycles. The Morgan fingerprint density at radius 2 is 2.08 bits per heavy atom. The lowest BCUT2D eigenvalue weighted by Gasteiger charge is -2.26. The lowest BCUT2D eigenvalue weighted by Crippen LogP contribution is -2.38. The quantitative estimate of drug-likeness (QED) is 0.481. The van der Waals surface area contributed by atoms with Gasteiger partial charge in [0.05, 0.1) is 19.0 Å². The fourth-order valence-electron chi connectivity index (χ4n) is 2.55. The lowest BCUT2D eigenvalue weighted by atomic mass is 10.2. The minimum atomic E-state index is -0.00296. The molecule has 1 fully saturated rings. The second kappa shape index (κ2) is 11.7. The van der Waals surface area contributed by atoms with E-state index in [9.17, 15) is 9.59 Å². The molecule has 1 aliphatic rings. The van der Waals surface area contributed by atoms with Gasteiger partial charge in [0.1, 0.15) is 0 Å². The van der Waals surface area contributed by atoms with Crippen LogP contribution in [0.15, 0.2) is 36.9 Å². The summed E-state index contributed by atoms with van der Waals surface area (Å²) in [6, 6.07) is 7.56. The molecule has 0 aliphatic carbocycles. The molecule has 0 radical (unpaired) electrons. The molecule has 2 N–H and O–H groups in total. The number of nitrogens with one attached hydrogen (secondary N) is 2. The van der Waals surface area contributed by atoms with Gasteiger partial charge < -0.3 is 15.4 Å². The first-order chi connectivity index (χ1) is 12.7. The number of morpholine rings is 1. The van der Waals surface area contributed by atoms with Crippen molar-refractivity contribution in [2.24, 2.45) is 0 Å². The normalized spacial score (nSPS) is 14.6. The van der Waals surface area contributed by atoms with Crippen molar-refractivity contribution >= 4 is 29.3 Å². The molecular weight excluding hydrogens is 350 g/mol. The summed E-state index contributed by atoms with van der Waals surface area (Å²) in [6.07, 6.45) is 2.24. The van der Waals surface area contributed by atoms with E-state index < -0.39 is 0 Å². The largest absolute Gasteiger partial charge is 0.379 e. The van der Waals surface area contributed by atoms with E-state index in [1.807, 2.05) is 24.3 Å². The van der Waals surface area contributed by atoms with E-state index in [-0.39, 0.29) is 11.8 Å². The Bertz CT molecular complexity index is 603. The summed E-state index contributed by atoms with van der Waals surface area (Å²) < 4.78 is 5.30. The molecule has 142 valence electrons. The molecule has 0 spiro atoms. The van der Waals surface area contributed by atoms with Crippen molar-refractivity contribution in [1.82, 2.24) is 10.2 Å². The Morgan fingerprint density at radius 1 is 1.27 bits per heavy atom. The molecule has 26 heavy (non-hydrogen) atoms. The Morgan fingerprint density at radius 3 is 2.85 bits per heavy atom. The van der Waals surface area contributed by atoms with Crippen LogP contribution in [0.5, 0.6) is 0 Å². The number of nitrogens with zero attached hydrogens (tertiary/aromatic N) is 1. The number of hydrogen-bond acceptors (Lipinski definition) is 5. The first kappa shape index (κ1) is 20.5. The van der Waals surface area contributed by atoms with E-state index in [2.05, 4.69) is 22.1 Å². The lowest BCUT2D eigenvalue weighted by molar-refractivity contribution is -0.119. The monoisotopic (exact) mass is 377 g/mol. The number of thioether (sulfide) groups is 1. The van der Waals surface area contributed by atoms with E-state index in [0.717, 1.165) is 49.9 Å². The first-order valence-corrected chi connectivity index (χ1v) is 9.97.